The van der Waals surface area contributed by atoms with Crippen molar-refractivity contribution in [3.05, 3.63) is 45.1 Å². The molecule has 0 radical (unpaired) electrons. The molecule has 2 rings (SSSR count). The molecule has 0 spiro atoms. The average Bonchev–Trinajstić information content (AvgIpc) is 2.43. The van der Waals surface area contributed by atoms with Crippen LogP contribution in [0.15, 0.2) is 33.9 Å². The Hall–Kier alpha value is -2.41. The Morgan fingerprint density at radius 3 is 2.80 bits per heavy atom. The first-order chi connectivity index (χ1) is 9.52. The van der Waals surface area contributed by atoms with E-state index in [1.807, 2.05) is 0 Å². The first-order valence-electron chi connectivity index (χ1n) is 6.24. The number of rotatable bonds is 4. The summed E-state index contributed by atoms with van der Waals surface area (Å²) in [5, 5.41) is 2.97. The van der Waals surface area contributed by atoms with Gasteiger partial charge in [-0.15, -0.1) is 0 Å². The number of amides is 1. The first-order valence-corrected chi connectivity index (χ1v) is 6.24. The summed E-state index contributed by atoms with van der Waals surface area (Å²) in [6.45, 7) is 1.70. The van der Waals surface area contributed by atoms with Crippen LogP contribution in [0, 0.1) is 0 Å². The summed E-state index contributed by atoms with van der Waals surface area (Å²) < 4.78 is 0.876. The van der Waals surface area contributed by atoms with Gasteiger partial charge < -0.3 is 16.0 Å². The van der Waals surface area contributed by atoms with Gasteiger partial charge in [-0.2, -0.15) is 0 Å². The van der Waals surface area contributed by atoms with Gasteiger partial charge in [0.2, 0.25) is 5.91 Å². The number of benzene rings is 1. The molecule has 0 aliphatic rings. The molecule has 0 saturated carbocycles. The second-order valence-electron chi connectivity index (χ2n) is 4.57. The van der Waals surface area contributed by atoms with Gasteiger partial charge >= 0.3 is 5.69 Å². The highest BCUT2D eigenvalue weighted by Crippen LogP contribution is 2.02. The summed E-state index contributed by atoms with van der Waals surface area (Å²) >= 11 is 0. The smallest absolute Gasteiger partial charge is 0.329 e. The predicted molar refractivity (Wildman–Crippen MR) is 75.5 cm³/mol. The van der Waals surface area contributed by atoms with Crippen molar-refractivity contribution in [3.63, 3.8) is 0 Å². The second-order valence-corrected chi connectivity index (χ2v) is 4.57. The van der Waals surface area contributed by atoms with Crippen molar-refractivity contribution in [1.82, 2.24) is 14.9 Å². The number of hydrogen-bond donors (Lipinski definition) is 3. The van der Waals surface area contributed by atoms with E-state index in [-0.39, 0.29) is 19.1 Å². The summed E-state index contributed by atoms with van der Waals surface area (Å²) in [5.41, 5.74) is 4.76. The molecule has 2 aromatic rings. The quantitative estimate of drug-likeness (QED) is 0.675. The molecular weight excluding hydrogens is 260 g/mol. The number of aromatic nitrogens is 2. The molecule has 20 heavy (non-hydrogen) atoms. The lowest BCUT2D eigenvalue weighted by Gasteiger charge is -2.12. The second kappa shape index (κ2) is 5.70. The van der Waals surface area contributed by atoms with Gasteiger partial charge in [0.1, 0.15) is 6.54 Å². The minimum Gasteiger partial charge on any atom is -0.351 e. The van der Waals surface area contributed by atoms with Gasteiger partial charge in [0.15, 0.2) is 0 Å². The molecule has 1 amide bonds. The molecule has 7 heteroatoms. The fraction of sp³-hybridized carbons (Fsp3) is 0.308. The number of nitrogens with zero attached hydrogens (tertiary/aromatic N) is 1. The van der Waals surface area contributed by atoms with Gasteiger partial charge in [0.05, 0.1) is 10.9 Å². The molecule has 1 atom stereocenters. The molecule has 0 saturated heterocycles. The van der Waals surface area contributed by atoms with E-state index >= 15 is 0 Å². The Morgan fingerprint density at radius 1 is 1.40 bits per heavy atom. The summed E-state index contributed by atoms with van der Waals surface area (Å²) in [5.74, 6) is -0.425. The van der Waals surface area contributed by atoms with Crippen LogP contribution in [-0.2, 0) is 11.3 Å². The van der Waals surface area contributed by atoms with Crippen LogP contribution in [0.1, 0.15) is 6.92 Å². The summed E-state index contributed by atoms with van der Waals surface area (Å²) in [6.07, 6.45) is 0. The van der Waals surface area contributed by atoms with E-state index in [4.69, 9.17) is 5.73 Å². The maximum atomic E-state index is 12.2. The molecule has 0 bridgehead atoms. The van der Waals surface area contributed by atoms with E-state index in [9.17, 15) is 14.4 Å². The third-order valence-corrected chi connectivity index (χ3v) is 2.95. The minimum atomic E-state index is -0.607. The first kappa shape index (κ1) is 14.0. The number of carbonyl (C=O) groups is 1. The maximum Gasteiger partial charge on any atom is 0.329 e. The Balaban J connectivity index is 2.38. The molecule has 106 valence electrons. The normalized spacial score (nSPS) is 12.3. The Kier molecular flexibility index (Phi) is 3.99. The van der Waals surface area contributed by atoms with Gasteiger partial charge in [0.25, 0.3) is 5.56 Å². The SMILES string of the molecule is C[C@@H](CN)NC(=O)Cn1c(=O)[nH]c2ccccc2c1=O. The van der Waals surface area contributed by atoms with Crippen LogP contribution in [0.25, 0.3) is 10.9 Å². The average molecular weight is 276 g/mol. The Bertz CT molecular complexity index is 747. The van der Waals surface area contributed by atoms with Crippen LogP contribution in [0.3, 0.4) is 0 Å². The van der Waals surface area contributed by atoms with Crippen molar-refractivity contribution in [2.75, 3.05) is 6.54 Å². The van der Waals surface area contributed by atoms with E-state index < -0.39 is 17.2 Å². The van der Waals surface area contributed by atoms with Crippen molar-refractivity contribution in [2.24, 2.45) is 5.73 Å². The molecular formula is C13H16N4O3. The van der Waals surface area contributed by atoms with E-state index in [1.54, 1.807) is 31.2 Å². The van der Waals surface area contributed by atoms with Gasteiger partial charge in [-0.1, -0.05) is 12.1 Å². The lowest BCUT2D eigenvalue weighted by molar-refractivity contribution is -0.122. The third-order valence-electron chi connectivity index (χ3n) is 2.95. The van der Waals surface area contributed by atoms with Crippen LogP contribution < -0.4 is 22.3 Å². The summed E-state index contributed by atoms with van der Waals surface area (Å²) in [7, 11) is 0. The van der Waals surface area contributed by atoms with Crippen molar-refractivity contribution >= 4 is 16.8 Å². The van der Waals surface area contributed by atoms with Crippen LogP contribution in [0.2, 0.25) is 0 Å². The number of nitrogens with two attached hydrogens (primary N) is 1. The van der Waals surface area contributed by atoms with E-state index in [2.05, 4.69) is 10.3 Å². The van der Waals surface area contributed by atoms with Crippen LogP contribution in [0.5, 0.6) is 0 Å². The zero-order valence-electron chi connectivity index (χ0n) is 11.1. The molecule has 7 nitrogen and oxygen atoms in total. The van der Waals surface area contributed by atoms with E-state index in [0.717, 1.165) is 4.57 Å². The molecule has 0 aliphatic heterocycles. The van der Waals surface area contributed by atoms with Gasteiger partial charge in [0, 0.05) is 12.6 Å². The lowest BCUT2D eigenvalue weighted by atomic mass is 10.2. The number of fused-ring (bicyclic) bond motifs is 1. The highest BCUT2D eigenvalue weighted by molar-refractivity contribution is 5.78. The standard InChI is InChI=1S/C13H16N4O3/c1-8(6-14)15-11(18)7-17-12(19)9-4-2-3-5-10(9)16-13(17)20/h2-5,8H,6-7,14H2,1H3,(H,15,18)(H,16,20)/t8-/m0/s1. The number of nitrogens with one attached hydrogen (secondary N) is 2. The zero-order chi connectivity index (χ0) is 14.7. The lowest BCUT2D eigenvalue weighted by Crippen LogP contribution is -2.44. The zero-order valence-corrected chi connectivity index (χ0v) is 11.1. The van der Waals surface area contributed by atoms with Crippen LogP contribution >= 0.6 is 0 Å². The number of carbonyl (C=O) groups excluding carboxylic acids is 1. The van der Waals surface area contributed by atoms with Crippen molar-refractivity contribution < 1.29 is 4.79 Å². The van der Waals surface area contributed by atoms with Crippen molar-refractivity contribution in [3.8, 4) is 0 Å². The number of para-hydroxylation sites is 1. The van der Waals surface area contributed by atoms with E-state index in [0.29, 0.717) is 10.9 Å². The number of aromatic amines is 1. The van der Waals surface area contributed by atoms with Crippen molar-refractivity contribution in [2.45, 2.75) is 19.5 Å². The molecule has 1 aromatic heterocycles. The maximum absolute atomic E-state index is 12.2. The topological polar surface area (TPSA) is 110 Å². The molecule has 1 aromatic carbocycles. The Morgan fingerprint density at radius 2 is 2.10 bits per heavy atom. The predicted octanol–water partition coefficient (Wildman–Crippen LogP) is -0.847. The highest BCUT2D eigenvalue weighted by Gasteiger charge is 2.12. The summed E-state index contributed by atoms with van der Waals surface area (Å²) in [4.78, 5) is 38.3. The molecule has 0 fully saturated rings. The molecule has 0 unspecified atom stereocenters. The summed E-state index contributed by atoms with van der Waals surface area (Å²) in [6, 6.07) is 6.45. The van der Waals surface area contributed by atoms with Crippen molar-refractivity contribution in [1.29, 1.82) is 0 Å². The molecule has 0 aliphatic carbocycles. The van der Waals surface area contributed by atoms with Gasteiger partial charge in [-0.05, 0) is 19.1 Å². The number of hydrogen-bond acceptors (Lipinski definition) is 4. The largest absolute Gasteiger partial charge is 0.351 e. The van der Waals surface area contributed by atoms with Crippen LogP contribution in [0.4, 0.5) is 0 Å². The van der Waals surface area contributed by atoms with E-state index in [1.165, 1.54) is 0 Å². The number of H-pyrrole nitrogens is 1. The fourth-order valence-electron chi connectivity index (χ4n) is 1.87. The fourth-order valence-corrected chi connectivity index (χ4v) is 1.87. The highest BCUT2D eigenvalue weighted by atomic mass is 16.2. The van der Waals surface area contributed by atoms with Gasteiger partial charge in [-0.25, -0.2) is 4.79 Å². The van der Waals surface area contributed by atoms with Crippen LogP contribution in [-0.4, -0.2) is 28.0 Å². The third kappa shape index (κ3) is 2.77. The Labute approximate surface area is 114 Å². The monoisotopic (exact) mass is 276 g/mol. The van der Waals surface area contributed by atoms with Gasteiger partial charge in [-0.3, -0.25) is 14.2 Å². The molecule has 1 heterocycles. The minimum absolute atomic E-state index is 0.210. The molecule has 4 N–H and O–H groups in total.